The molecule has 1 atom stereocenters. The highest BCUT2D eigenvalue weighted by atomic mass is 16.6. The van der Waals surface area contributed by atoms with Crippen LogP contribution < -0.4 is 5.32 Å². The Morgan fingerprint density at radius 3 is 2.31 bits per heavy atom. The van der Waals surface area contributed by atoms with Gasteiger partial charge in [0.05, 0.1) is 6.04 Å². The van der Waals surface area contributed by atoms with Crippen LogP contribution in [0.1, 0.15) is 34.6 Å². The molecular weight excluding hydrogens is 210 g/mol. The number of hydrogen-bond donors (Lipinski definition) is 1. The van der Waals surface area contributed by atoms with E-state index in [1.807, 2.05) is 13.8 Å². The Morgan fingerprint density at radius 1 is 1.38 bits per heavy atom. The number of ether oxygens (including phenoxy) is 2. The molecule has 0 aromatic rings. The van der Waals surface area contributed by atoms with E-state index in [-0.39, 0.29) is 18.6 Å². The minimum Gasteiger partial charge on any atom is -0.466 e. The van der Waals surface area contributed by atoms with E-state index in [1.54, 1.807) is 20.8 Å². The standard InChI is InChI=1S/C11H21NO4/c1-8(2)9(6-15-7-13)12-10(14)16-11(3,4)5/h7-9H,6H2,1-5H3,(H,12,14)/t9-/m0/s1. The summed E-state index contributed by atoms with van der Waals surface area (Å²) in [6.45, 7) is 9.75. The van der Waals surface area contributed by atoms with Crippen LogP contribution in [-0.2, 0) is 14.3 Å². The maximum atomic E-state index is 11.5. The first-order valence-corrected chi connectivity index (χ1v) is 5.31. The van der Waals surface area contributed by atoms with Gasteiger partial charge in [-0.3, -0.25) is 4.79 Å². The largest absolute Gasteiger partial charge is 0.466 e. The molecule has 0 rings (SSSR count). The van der Waals surface area contributed by atoms with E-state index in [4.69, 9.17) is 4.74 Å². The van der Waals surface area contributed by atoms with Crippen LogP contribution in [0.25, 0.3) is 0 Å². The predicted molar refractivity (Wildman–Crippen MR) is 60.0 cm³/mol. The second kappa shape index (κ2) is 6.35. The van der Waals surface area contributed by atoms with Crippen molar-refractivity contribution in [1.29, 1.82) is 0 Å². The summed E-state index contributed by atoms with van der Waals surface area (Å²) < 4.78 is 9.74. The van der Waals surface area contributed by atoms with E-state index in [2.05, 4.69) is 10.1 Å². The summed E-state index contributed by atoms with van der Waals surface area (Å²) in [6, 6.07) is -0.236. The monoisotopic (exact) mass is 231 g/mol. The highest BCUT2D eigenvalue weighted by Crippen LogP contribution is 2.08. The van der Waals surface area contributed by atoms with E-state index in [0.29, 0.717) is 6.47 Å². The van der Waals surface area contributed by atoms with Gasteiger partial charge in [-0.25, -0.2) is 4.79 Å². The van der Waals surface area contributed by atoms with Crippen molar-refractivity contribution in [1.82, 2.24) is 5.32 Å². The summed E-state index contributed by atoms with van der Waals surface area (Å²) in [4.78, 5) is 21.5. The van der Waals surface area contributed by atoms with E-state index >= 15 is 0 Å². The van der Waals surface area contributed by atoms with Gasteiger partial charge in [0.1, 0.15) is 12.2 Å². The number of carbonyl (C=O) groups is 2. The average Bonchev–Trinajstić information content (AvgIpc) is 2.08. The van der Waals surface area contributed by atoms with Crippen molar-refractivity contribution < 1.29 is 19.1 Å². The van der Waals surface area contributed by atoms with Gasteiger partial charge in [0.25, 0.3) is 6.47 Å². The number of amides is 1. The molecule has 0 heterocycles. The van der Waals surface area contributed by atoms with E-state index in [1.165, 1.54) is 0 Å². The van der Waals surface area contributed by atoms with Crippen LogP contribution >= 0.6 is 0 Å². The lowest BCUT2D eigenvalue weighted by atomic mass is 10.1. The molecule has 5 nitrogen and oxygen atoms in total. The molecule has 5 heteroatoms. The zero-order chi connectivity index (χ0) is 12.8. The maximum Gasteiger partial charge on any atom is 0.407 e. The van der Waals surface area contributed by atoms with Gasteiger partial charge in [0.2, 0.25) is 0 Å². The molecule has 0 saturated heterocycles. The molecule has 0 saturated carbocycles. The molecule has 0 spiro atoms. The topological polar surface area (TPSA) is 64.6 Å². The molecule has 0 radical (unpaired) electrons. The highest BCUT2D eigenvalue weighted by molar-refractivity contribution is 5.68. The molecule has 0 aliphatic carbocycles. The SMILES string of the molecule is CC(C)[C@H](COC=O)NC(=O)OC(C)(C)C. The Kier molecular flexibility index (Phi) is 5.85. The van der Waals surface area contributed by atoms with Crippen molar-refractivity contribution in [3.05, 3.63) is 0 Å². The van der Waals surface area contributed by atoms with Gasteiger partial charge >= 0.3 is 6.09 Å². The van der Waals surface area contributed by atoms with Crippen molar-refractivity contribution in [2.24, 2.45) is 5.92 Å². The van der Waals surface area contributed by atoms with Crippen molar-refractivity contribution in [2.75, 3.05) is 6.61 Å². The van der Waals surface area contributed by atoms with Gasteiger partial charge in [-0.2, -0.15) is 0 Å². The van der Waals surface area contributed by atoms with Crippen LogP contribution in [-0.4, -0.2) is 30.8 Å². The minimum atomic E-state index is -0.531. The van der Waals surface area contributed by atoms with Crippen molar-refractivity contribution in [3.63, 3.8) is 0 Å². The van der Waals surface area contributed by atoms with E-state index < -0.39 is 11.7 Å². The van der Waals surface area contributed by atoms with E-state index in [9.17, 15) is 9.59 Å². The molecule has 0 aromatic carbocycles. The Labute approximate surface area is 96.5 Å². The zero-order valence-electron chi connectivity index (χ0n) is 10.6. The third-order valence-corrected chi connectivity index (χ3v) is 1.85. The molecule has 0 aliphatic rings. The number of hydrogen-bond acceptors (Lipinski definition) is 4. The first-order valence-electron chi connectivity index (χ1n) is 5.31. The van der Waals surface area contributed by atoms with Crippen LogP contribution in [0.2, 0.25) is 0 Å². The molecule has 0 fully saturated rings. The third kappa shape index (κ3) is 7.09. The van der Waals surface area contributed by atoms with Crippen LogP contribution in [0.4, 0.5) is 4.79 Å². The molecule has 16 heavy (non-hydrogen) atoms. The third-order valence-electron chi connectivity index (χ3n) is 1.85. The van der Waals surface area contributed by atoms with Crippen molar-refractivity contribution in [3.8, 4) is 0 Å². The van der Waals surface area contributed by atoms with Gasteiger partial charge in [-0.05, 0) is 26.7 Å². The fourth-order valence-corrected chi connectivity index (χ4v) is 1.00. The number of alkyl carbamates (subject to hydrolysis) is 1. The summed E-state index contributed by atoms with van der Waals surface area (Å²) >= 11 is 0. The van der Waals surface area contributed by atoms with Crippen LogP contribution in [0.3, 0.4) is 0 Å². The normalized spacial score (nSPS) is 13.1. The lowest BCUT2D eigenvalue weighted by Gasteiger charge is -2.25. The quantitative estimate of drug-likeness (QED) is 0.731. The minimum absolute atomic E-state index is 0.153. The predicted octanol–water partition coefficient (Wildman–Crippen LogP) is 1.71. The second-order valence-electron chi connectivity index (χ2n) is 4.93. The zero-order valence-corrected chi connectivity index (χ0v) is 10.6. The molecule has 1 amide bonds. The van der Waals surface area contributed by atoms with Crippen molar-refractivity contribution in [2.45, 2.75) is 46.3 Å². The Balaban J connectivity index is 4.18. The number of rotatable bonds is 5. The molecule has 94 valence electrons. The van der Waals surface area contributed by atoms with Crippen LogP contribution in [0, 0.1) is 5.92 Å². The molecule has 0 aromatic heterocycles. The molecule has 1 N–H and O–H groups in total. The van der Waals surface area contributed by atoms with E-state index in [0.717, 1.165) is 0 Å². The van der Waals surface area contributed by atoms with Gasteiger partial charge in [-0.1, -0.05) is 13.8 Å². The van der Waals surface area contributed by atoms with Gasteiger partial charge in [-0.15, -0.1) is 0 Å². The summed E-state index contributed by atoms with van der Waals surface area (Å²) in [5.74, 6) is 0.160. The fraction of sp³-hybridized carbons (Fsp3) is 0.818. The first kappa shape index (κ1) is 14.7. The maximum absolute atomic E-state index is 11.5. The smallest absolute Gasteiger partial charge is 0.407 e. The lowest BCUT2D eigenvalue weighted by Crippen LogP contribution is -2.44. The summed E-state index contributed by atoms with van der Waals surface area (Å²) in [7, 11) is 0. The summed E-state index contributed by atoms with van der Waals surface area (Å²) in [5.41, 5.74) is -0.531. The Morgan fingerprint density at radius 2 is 1.94 bits per heavy atom. The average molecular weight is 231 g/mol. The summed E-state index contributed by atoms with van der Waals surface area (Å²) in [5, 5.41) is 2.66. The molecular formula is C11H21NO4. The highest BCUT2D eigenvalue weighted by Gasteiger charge is 2.21. The first-order chi connectivity index (χ1) is 7.26. The Hall–Kier alpha value is -1.26. The van der Waals surface area contributed by atoms with Gasteiger partial charge in [0.15, 0.2) is 0 Å². The molecule has 0 bridgehead atoms. The van der Waals surface area contributed by atoms with Crippen LogP contribution in [0.5, 0.6) is 0 Å². The lowest BCUT2D eigenvalue weighted by molar-refractivity contribution is -0.129. The van der Waals surface area contributed by atoms with Gasteiger partial charge in [0, 0.05) is 0 Å². The van der Waals surface area contributed by atoms with Crippen LogP contribution in [0.15, 0.2) is 0 Å². The Bertz CT molecular complexity index is 233. The number of nitrogens with one attached hydrogen (secondary N) is 1. The molecule has 0 aliphatic heterocycles. The fourth-order valence-electron chi connectivity index (χ4n) is 1.00. The van der Waals surface area contributed by atoms with Crippen molar-refractivity contribution >= 4 is 12.6 Å². The number of carbonyl (C=O) groups excluding carboxylic acids is 2. The molecule has 0 unspecified atom stereocenters. The van der Waals surface area contributed by atoms with Gasteiger partial charge < -0.3 is 14.8 Å². The summed E-state index contributed by atoms with van der Waals surface area (Å²) in [6.07, 6.45) is -0.499. The second-order valence-corrected chi connectivity index (χ2v) is 4.93.